The second-order valence-corrected chi connectivity index (χ2v) is 4.61. The molecule has 0 fully saturated rings. The monoisotopic (exact) mass is 288 g/mol. The second kappa shape index (κ2) is 6.65. The molecule has 0 aliphatic carbocycles. The van der Waals surface area contributed by atoms with Crippen molar-refractivity contribution in [2.24, 2.45) is 5.92 Å². The van der Waals surface area contributed by atoms with Crippen molar-refractivity contribution in [1.29, 1.82) is 0 Å². The van der Waals surface area contributed by atoms with Gasteiger partial charge in [0, 0.05) is 19.2 Å². The van der Waals surface area contributed by atoms with Gasteiger partial charge in [0.25, 0.3) is 0 Å². The van der Waals surface area contributed by atoms with E-state index in [9.17, 15) is 0 Å². The maximum atomic E-state index is 8.86. The van der Waals surface area contributed by atoms with E-state index in [0.717, 1.165) is 19.4 Å². The summed E-state index contributed by atoms with van der Waals surface area (Å²) in [5, 5.41) is 11.9. The van der Waals surface area contributed by atoms with Crippen LogP contribution in [0.2, 0.25) is 0 Å². The Kier molecular flexibility index (Phi) is 5.48. The molecule has 6 heteroatoms. The molecule has 4 N–H and O–H groups in total. The number of halogens is 1. The number of anilines is 2. The van der Waals surface area contributed by atoms with Crippen LogP contribution in [0, 0.1) is 5.92 Å². The van der Waals surface area contributed by atoms with E-state index in [1.54, 1.807) is 6.07 Å². The van der Waals surface area contributed by atoms with E-state index >= 15 is 0 Å². The number of hydrogen-bond donors (Lipinski definition) is 3. The van der Waals surface area contributed by atoms with Crippen molar-refractivity contribution >= 4 is 27.7 Å². The van der Waals surface area contributed by atoms with Gasteiger partial charge in [-0.25, -0.2) is 4.98 Å². The van der Waals surface area contributed by atoms with Crippen molar-refractivity contribution in [3.8, 4) is 0 Å². The van der Waals surface area contributed by atoms with E-state index in [2.05, 4.69) is 31.2 Å². The van der Waals surface area contributed by atoms with Crippen molar-refractivity contribution in [3.05, 3.63) is 10.7 Å². The minimum Gasteiger partial charge on any atom is -0.396 e. The molecule has 0 aliphatic heterocycles. The molecule has 1 unspecified atom stereocenters. The van der Waals surface area contributed by atoms with Gasteiger partial charge >= 0.3 is 0 Å². The van der Waals surface area contributed by atoms with Gasteiger partial charge in [-0.05, 0) is 34.7 Å². The first-order valence-electron chi connectivity index (χ1n) is 5.26. The number of aliphatic hydroxyl groups is 1. The Bertz CT molecular complexity index is 314. The van der Waals surface area contributed by atoms with Crippen LogP contribution in [0.4, 0.5) is 11.8 Å². The van der Waals surface area contributed by atoms with Crippen LogP contribution in [0.15, 0.2) is 10.7 Å². The van der Waals surface area contributed by atoms with Gasteiger partial charge in [-0.1, -0.05) is 6.92 Å². The average Bonchev–Trinajstić information content (AvgIpc) is 2.22. The van der Waals surface area contributed by atoms with Crippen LogP contribution >= 0.6 is 15.9 Å². The maximum Gasteiger partial charge on any atom is 0.225 e. The zero-order chi connectivity index (χ0) is 12.0. The molecule has 0 saturated carbocycles. The van der Waals surface area contributed by atoms with Gasteiger partial charge in [-0.2, -0.15) is 4.98 Å². The topological polar surface area (TPSA) is 84.1 Å². The number of nitrogens with one attached hydrogen (secondary N) is 1. The number of nitrogen functional groups attached to an aromatic ring is 1. The normalized spacial score (nSPS) is 12.4. The molecule has 0 aliphatic rings. The number of nitrogens with two attached hydrogens (primary N) is 1. The third-order valence-electron chi connectivity index (χ3n) is 2.18. The molecule has 0 spiro atoms. The molecule has 1 heterocycles. The van der Waals surface area contributed by atoms with Crippen molar-refractivity contribution in [3.63, 3.8) is 0 Å². The highest BCUT2D eigenvalue weighted by molar-refractivity contribution is 9.10. The molecule has 5 nitrogen and oxygen atoms in total. The van der Waals surface area contributed by atoms with Crippen molar-refractivity contribution in [1.82, 2.24) is 9.97 Å². The fraction of sp³-hybridized carbons (Fsp3) is 0.600. The van der Waals surface area contributed by atoms with Crippen LogP contribution in [0.3, 0.4) is 0 Å². The Morgan fingerprint density at radius 2 is 2.31 bits per heavy atom. The highest BCUT2D eigenvalue weighted by Gasteiger charge is 2.01. The fourth-order valence-corrected chi connectivity index (χ4v) is 1.66. The lowest BCUT2D eigenvalue weighted by atomic mass is 10.1. The molecule has 0 amide bonds. The zero-order valence-corrected chi connectivity index (χ0v) is 10.9. The number of aliphatic hydroxyl groups excluding tert-OH is 1. The molecule has 90 valence electrons. The molecule has 0 aromatic carbocycles. The van der Waals surface area contributed by atoms with Gasteiger partial charge in [0.05, 0.1) is 0 Å². The van der Waals surface area contributed by atoms with E-state index in [-0.39, 0.29) is 6.61 Å². The Hall–Kier alpha value is -0.880. The summed E-state index contributed by atoms with van der Waals surface area (Å²) in [6, 6.07) is 1.65. The number of hydrogen-bond acceptors (Lipinski definition) is 5. The molecule has 1 aromatic rings. The minimum atomic E-state index is 0.236. The molecule has 0 saturated heterocycles. The van der Waals surface area contributed by atoms with E-state index in [1.165, 1.54) is 0 Å². The summed E-state index contributed by atoms with van der Waals surface area (Å²) in [5.41, 5.74) is 5.58. The molecule has 0 bridgehead atoms. The Labute approximate surface area is 104 Å². The summed E-state index contributed by atoms with van der Waals surface area (Å²) >= 11 is 3.25. The largest absolute Gasteiger partial charge is 0.396 e. The van der Waals surface area contributed by atoms with Gasteiger partial charge in [-0.3, -0.25) is 0 Å². The second-order valence-electron chi connectivity index (χ2n) is 3.80. The van der Waals surface area contributed by atoms with Crippen molar-refractivity contribution < 1.29 is 5.11 Å². The quantitative estimate of drug-likeness (QED) is 0.547. The van der Waals surface area contributed by atoms with E-state index in [0.29, 0.717) is 22.3 Å². The van der Waals surface area contributed by atoms with E-state index in [4.69, 9.17) is 10.8 Å². The number of nitrogens with zero attached hydrogens (tertiary/aromatic N) is 2. The Morgan fingerprint density at radius 1 is 1.56 bits per heavy atom. The molecule has 1 atom stereocenters. The summed E-state index contributed by atoms with van der Waals surface area (Å²) in [7, 11) is 0. The Balaban J connectivity index is 2.32. The summed E-state index contributed by atoms with van der Waals surface area (Å²) in [6.45, 7) is 3.04. The van der Waals surface area contributed by atoms with E-state index < -0.39 is 0 Å². The van der Waals surface area contributed by atoms with Crippen LogP contribution in [0.1, 0.15) is 19.8 Å². The third kappa shape index (κ3) is 4.76. The van der Waals surface area contributed by atoms with Crippen molar-refractivity contribution in [2.75, 3.05) is 24.2 Å². The van der Waals surface area contributed by atoms with Gasteiger partial charge < -0.3 is 16.2 Å². The highest BCUT2D eigenvalue weighted by Crippen LogP contribution is 2.12. The van der Waals surface area contributed by atoms with Crippen LogP contribution < -0.4 is 11.1 Å². The predicted molar refractivity (Wildman–Crippen MR) is 68.1 cm³/mol. The molecular weight excluding hydrogens is 272 g/mol. The lowest BCUT2D eigenvalue weighted by molar-refractivity contribution is 0.229. The summed E-state index contributed by atoms with van der Waals surface area (Å²) in [6.07, 6.45) is 1.95. The van der Waals surface area contributed by atoms with Crippen molar-refractivity contribution in [2.45, 2.75) is 19.8 Å². The smallest absolute Gasteiger partial charge is 0.225 e. The first kappa shape index (κ1) is 13.2. The maximum absolute atomic E-state index is 8.86. The summed E-state index contributed by atoms with van der Waals surface area (Å²) < 4.78 is 0.672. The van der Waals surface area contributed by atoms with Crippen LogP contribution in [0.5, 0.6) is 0 Å². The van der Waals surface area contributed by atoms with E-state index in [1.807, 2.05) is 6.92 Å². The van der Waals surface area contributed by atoms with Gasteiger partial charge in [0.1, 0.15) is 10.4 Å². The van der Waals surface area contributed by atoms with Crippen LogP contribution in [-0.4, -0.2) is 28.2 Å². The summed E-state index contributed by atoms with van der Waals surface area (Å²) in [4.78, 5) is 8.18. The molecule has 1 aromatic heterocycles. The van der Waals surface area contributed by atoms with Gasteiger partial charge in [0.15, 0.2) is 0 Å². The van der Waals surface area contributed by atoms with Gasteiger partial charge in [-0.15, -0.1) is 0 Å². The van der Waals surface area contributed by atoms with Crippen LogP contribution in [0.25, 0.3) is 0 Å². The molecular formula is C10H17BrN4O. The van der Waals surface area contributed by atoms with Crippen LogP contribution in [-0.2, 0) is 0 Å². The Morgan fingerprint density at radius 3 is 2.94 bits per heavy atom. The average molecular weight is 289 g/mol. The predicted octanol–water partition coefficient (Wildman–Crippen LogP) is 1.64. The van der Waals surface area contributed by atoms with Gasteiger partial charge in [0.2, 0.25) is 5.95 Å². The lowest BCUT2D eigenvalue weighted by Gasteiger charge is -2.08. The third-order valence-corrected chi connectivity index (χ3v) is 2.59. The number of rotatable bonds is 6. The standard InChI is InChI=1S/C10H17BrN4O/c1-7(6-16)3-2-4-13-10-14-8(11)5-9(12)15-10/h5,7,16H,2-4,6H2,1H3,(H3,12,13,14,15). The SMILES string of the molecule is CC(CO)CCCNc1nc(N)cc(Br)n1. The number of aromatic nitrogens is 2. The zero-order valence-electron chi connectivity index (χ0n) is 9.28. The molecule has 0 radical (unpaired) electrons. The highest BCUT2D eigenvalue weighted by atomic mass is 79.9. The molecule has 1 rings (SSSR count). The first-order chi connectivity index (χ1) is 7.61. The summed E-state index contributed by atoms with van der Waals surface area (Å²) in [5.74, 6) is 1.31. The lowest BCUT2D eigenvalue weighted by Crippen LogP contribution is -2.09. The first-order valence-corrected chi connectivity index (χ1v) is 6.06. The minimum absolute atomic E-state index is 0.236. The fourth-order valence-electron chi connectivity index (χ4n) is 1.26. The molecule has 16 heavy (non-hydrogen) atoms.